The van der Waals surface area contributed by atoms with E-state index in [1.54, 1.807) is 0 Å². The topological polar surface area (TPSA) is 264 Å². The molecule has 288 valence electrons. The second-order valence-corrected chi connectivity index (χ2v) is 13.3. The third-order valence-electron chi connectivity index (χ3n) is 6.36. The van der Waals surface area contributed by atoms with E-state index in [9.17, 15) is 42.9 Å². The molecule has 2 aliphatic heterocycles. The quantitative estimate of drug-likeness (QED) is 0.132. The summed E-state index contributed by atoms with van der Waals surface area (Å²) in [5, 5.41) is 0. The zero-order valence-corrected chi connectivity index (χ0v) is 30.2. The van der Waals surface area contributed by atoms with Crippen LogP contribution in [0.2, 0.25) is 0 Å². The highest BCUT2D eigenvalue weighted by atomic mass is 35.7. The first-order valence-corrected chi connectivity index (χ1v) is 17.3. The van der Waals surface area contributed by atoms with Crippen LogP contribution in [0.5, 0.6) is 0 Å². The van der Waals surface area contributed by atoms with Crippen LogP contribution in [-0.2, 0) is 99.3 Å². The Labute approximate surface area is 295 Å². The third kappa shape index (κ3) is 14.0. The molecule has 2 unspecified atom stereocenters. The van der Waals surface area contributed by atoms with Gasteiger partial charge in [0.1, 0.15) is 25.4 Å². The van der Waals surface area contributed by atoms with Gasteiger partial charge in [-0.15, -0.1) is 0 Å². The molecule has 0 aromatic heterocycles. The summed E-state index contributed by atoms with van der Waals surface area (Å²) in [4.78, 5) is 95.8. The van der Waals surface area contributed by atoms with Crippen molar-refractivity contribution in [2.24, 2.45) is 0 Å². The van der Waals surface area contributed by atoms with Crippen molar-refractivity contribution in [3.05, 3.63) is 0 Å². The molecule has 10 atom stereocenters. The van der Waals surface area contributed by atoms with Gasteiger partial charge in [0.15, 0.2) is 36.6 Å². The molecule has 21 nitrogen and oxygen atoms in total. The van der Waals surface area contributed by atoms with Crippen LogP contribution in [0, 0.1) is 0 Å². The van der Waals surface area contributed by atoms with Crippen LogP contribution in [0.1, 0.15) is 55.4 Å². The van der Waals surface area contributed by atoms with E-state index in [0.29, 0.717) is 0 Å². The van der Waals surface area contributed by atoms with Gasteiger partial charge in [-0.3, -0.25) is 47.4 Å². The predicted molar refractivity (Wildman–Crippen MR) is 160 cm³/mol. The molecule has 51 heavy (non-hydrogen) atoms. The number of hydrogen-bond acceptors (Lipinski definition) is 21. The lowest BCUT2D eigenvalue weighted by atomic mass is 9.98. The van der Waals surface area contributed by atoms with Gasteiger partial charge in [-0.05, 0) is 0 Å². The number of hydrogen-bond donors (Lipinski definition) is 0. The van der Waals surface area contributed by atoms with Crippen LogP contribution < -0.4 is 0 Å². The molecule has 2 heterocycles. The van der Waals surface area contributed by atoms with E-state index in [1.807, 2.05) is 0 Å². The van der Waals surface area contributed by atoms with Crippen molar-refractivity contribution in [1.82, 2.24) is 0 Å². The van der Waals surface area contributed by atoms with E-state index >= 15 is 0 Å². The summed E-state index contributed by atoms with van der Waals surface area (Å²) >= 11 is 6.22. The number of carbonyl (C=O) groups is 8. The molecule has 23 heteroatoms. The maximum absolute atomic E-state index is 13.9. The largest absolute Gasteiger partial charge is 0.463 e. The van der Waals surface area contributed by atoms with E-state index in [2.05, 4.69) is 0 Å². The van der Waals surface area contributed by atoms with Gasteiger partial charge >= 0.3 is 54.7 Å². The van der Waals surface area contributed by atoms with Gasteiger partial charge in [-0.2, -0.15) is 0 Å². The monoisotopic (exact) mass is 776 g/mol. The van der Waals surface area contributed by atoms with Crippen molar-refractivity contribution in [3.63, 3.8) is 0 Å². The highest BCUT2D eigenvalue weighted by molar-refractivity contribution is 7.81. The molecule has 0 aliphatic carbocycles. The summed E-state index contributed by atoms with van der Waals surface area (Å²) in [6.45, 7) is 1.29. The van der Waals surface area contributed by atoms with Gasteiger partial charge in [-0.1, -0.05) is 0 Å². The number of halogens is 1. The van der Waals surface area contributed by atoms with Gasteiger partial charge in [-0.25, -0.2) is 4.57 Å². The highest BCUT2D eigenvalue weighted by Crippen LogP contribution is 2.58. The molecule has 0 aromatic carbocycles. The molecule has 0 amide bonds. The molecular formula is C28H38ClO21P. The molecule has 0 radical (unpaired) electrons. The van der Waals surface area contributed by atoms with Gasteiger partial charge < -0.3 is 47.4 Å². The van der Waals surface area contributed by atoms with E-state index in [1.165, 1.54) is 0 Å². The number of ether oxygens (including phenoxy) is 10. The van der Waals surface area contributed by atoms with Gasteiger partial charge in [0.25, 0.3) is 0 Å². The second-order valence-electron chi connectivity index (χ2n) is 10.8. The lowest BCUT2D eigenvalue weighted by Gasteiger charge is -2.45. The van der Waals surface area contributed by atoms with Crippen LogP contribution in [0.4, 0.5) is 0 Å². The molecule has 0 aromatic rings. The Morgan fingerprint density at radius 3 is 0.961 bits per heavy atom. The molecular weight excluding hydrogens is 739 g/mol. The summed E-state index contributed by atoms with van der Waals surface area (Å²) in [5.41, 5.74) is 0. The minimum absolute atomic E-state index is 0.676. The summed E-state index contributed by atoms with van der Waals surface area (Å²) in [7, 11) is 0. The van der Waals surface area contributed by atoms with Crippen LogP contribution >= 0.6 is 18.2 Å². The first-order chi connectivity index (χ1) is 23.6. The molecule has 0 N–H and O–H groups in total. The molecule has 0 bridgehead atoms. The Kier molecular flexibility index (Phi) is 16.2. The zero-order chi connectivity index (χ0) is 38.8. The summed E-state index contributed by atoms with van der Waals surface area (Å²) < 4.78 is 77.6. The fourth-order valence-electron chi connectivity index (χ4n) is 4.82. The normalized spacial score (nSPS) is 29.9. The minimum Gasteiger partial charge on any atom is -0.463 e. The van der Waals surface area contributed by atoms with Crippen LogP contribution in [-0.4, -0.2) is 122 Å². The number of rotatable bonds is 14. The average Bonchev–Trinajstić information content (AvgIpc) is 2.95. The SMILES string of the molecule is CC(=O)OC[C@H]1OC(OP(=O)(Cl)OC2O[C@H](COC(C)=O)[C@@H](OC(C)=O)[C@H](OC(C)=O)[C@H]2OC(C)=O)[C@H](OC(C)=O)[C@@H](OC(C)=O)[C@@H]1OC(C)=O. The second kappa shape index (κ2) is 19.1. The molecule has 0 spiro atoms. The Bertz CT molecular complexity index is 1290. The van der Waals surface area contributed by atoms with E-state index in [0.717, 1.165) is 55.4 Å². The van der Waals surface area contributed by atoms with Crippen molar-refractivity contribution >= 4 is 65.9 Å². The standard InChI is InChI=1S/C28H38ClO21P/c1-11(30)39-9-19-21(41-13(3)32)23(43-15(5)34)25(45-17(7)36)27(47-19)49-51(29,38)50-28-26(46-18(8)37)24(44-16(6)35)22(42-14(4)33)20(48-28)10-40-12(2)31/h19-28H,9-10H2,1-8H3/t19-,20-,21-,22-,23+,24+,25-,26-,27?,28?,51?/m1/s1. The minimum atomic E-state index is -5.21. The van der Waals surface area contributed by atoms with Crippen molar-refractivity contribution < 1.29 is 99.3 Å². The molecule has 2 fully saturated rings. The van der Waals surface area contributed by atoms with Gasteiger partial charge in [0.2, 0.25) is 12.6 Å². The summed E-state index contributed by atoms with van der Waals surface area (Å²) in [6, 6.07) is 0. The van der Waals surface area contributed by atoms with Crippen molar-refractivity contribution in [2.45, 2.75) is 117 Å². The molecule has 0 saturated carbocycles. The third-order valence-corrected chi connectivity index (χ3v) is 7.75. The van der Waals surface area contributed by atoms with E-state index in [4.69, 9.17) is 67.7 Å². The van der Waals surface area contributed by atoms with Crippen LogP contribution in [0.25, 0.3) is 0 Å². The zero-order valence-electron chi connectivity index (χ0n) is 28.6. The van der Waals surface area contributed by atoms with E-state index < -0.39 is 129 Å². The maximum Gasteiger partial charge on any atom is 0.429 e. The molecule has 2 saturated heterocycles. The van der Waals surface area contributed by atoms with Crippen molar-refractivity contribution in [1.29, 1.82) is 0 Å². The van der Waals surface area contributed by atoms with Crippen molar-refractivity contribution in [2.75, 3.05) is 13.2 Å². The Morgan fingerprint density at radius 1 is 0.451 bits per heavy atom. The fourth-order valence-corrected chi connectivity index (χ4v) is 6.18. The highest BCUT2D eigenvalue weighted by Gasteiger charge is 2.57. The van der Waals surface area contributed by atoms with Gasteiger partial charge in [0, 0.05) is 66.6 Å². The number of esters is 8. The lowest BCUT2D eigenvalue weighted by molar-refractivity contribution is -0.300. The fraction of sp³-hybridized carbons (Fsp3) is 0.714. The first kappa shape index (κ1) is 43.3. The predicted octanol–water partition coefficient (Wildman–Crippen LogP) is 0.533. The summed E-state index contributed by atoms with van der Waals surface area (Å²) in [5.74, 6) is -7.52. The Hall–Kier alpha value is -3.88. The van der Waals surface area contributed by atoms with Crippen molar-refractivity contribution in [3.8, 4) is 0 Å². The smallest absolute Gasteiger partial charge is 0.429 e. The summed E-state index contributed by atoms with van der Waals surface area (Å²) in [6.07, 6.45) is -17.8. The average molecular weight is 777 g/mol. The van der Waals surface area contributed by atoms with E-state index in [-0.39, 0.29) is 0 Å². The number of carbonyl (C=O) groups excluding carboxylic acids is 8. The first-order valence-electron chi connectivity index (χ1n) is 14.9. The van der Waals surface area contributed by atoms with Crippen LogP contribution in [0.15, 0.2) is 0 Å². The van der Waals surface area contributed by atoms with Crippen LogP contribution in [0.3, 0.4) is 0 Å². The lowest BCUT2D eigenvalue weighted by Crippen LogP contribution is -2.63. The molecule has 2 rings (SSSR count). The Morgan fingerprint density at radius 2 is 0.706 bits per heavy atom. The Balaban J connectivity index is 2.61. The van der Waals surface area contributed by atoms with Gasteiger partial charge in [0.05, 0.1) is 0 Å². The molecule has 2 aliphatic rings. The maximum atomic E-state index is 13.9.